The minimum atomic E-state index is 0.517. The van der Waals surface area contributed by atoms with E-state index < -0.39 is 0 Å². The van der Waals surface area contributed by atoms with Gasteiger partial charge in [0, 0.05) is 5.56 Å². The van der Waals surface area contributed by atoms with Gasteiger partial charge < -0.3 is 0 Å². The summed E-state index contributed by atoms with van der Waals surface area (Å²) in [5, 5.41) is 4.72. The average Bonchev–Trinajstić information content (AvgIpc) is 3.03. The van der Waals surface area contributed by atoms with Crippen LogP contribution < -0.4 is 0 Å². The highest BCUT2D eigenvalue weighted by molar-refractivity contribution is 9.10. The van der Waals surface area contributed by atoms with Crippen molar-refractivity contribution in [2.45, 2.75) is 46.5 Å². The van der Waals surface area contributed by atoms with Gasteiger partial charge in [0.25, 0.3) is 0 Å². The summed E-state index contributed by atoms with van der Waals surface area (Å²) in [5.74, 6) is 0.517. The number of nitrogens with zero attached hydrogens (tertiary/aromatic N) is 4. The largest absolute Gasteiger partial charge is 0.237 e. The van der Waals surface area contributed by atoms with Crippen molar-refractivity contribution >= 4 is 32.9 Å². The van der Waals surface area contributed by atoms with Gasteiger partial charge in [-0.1, -0.05) is 13.8 Å². The lowest BCUT2D eigenvalue weighted by Gasteiger charge is -2.14. The standard InChI is InChI=1S/C16H19BrN4S/c1-5-11(6-2)12-7-9(3)20-21-13(10(4)19-16(12)21)14-15(17)18-8-22-14/h7-8,11H,5-6H2,1-4H3. The Balaban J connectivity index is 2.33. The van der Waals surface area contributed by atoms with Crippen LogP contribution >= 0.6 is 27.3 Å². The molecular formula is C16H19BrN4S. The molecule has 0 bridgehead atoms. The lowest BCUT2D eigenvalue weighted by atomic mass is 9.95. The van der Waals surface area contributed by atoms with Crippen molar-refractivity contribution in [3.05, 3.63) is 33.1 Å². The van der Waals surface area contributed by atoms with Gasteiger partial charge >= 0.3 is 0 Å². The maximum atomic E-state index is 4.83. The molecule has 3 aromatic heterocycles. The number of fused-ring (bicyclic) bond motifs is 1. The number of rotatable bonds is 4. The summed E-state index contributed by atoms with van der Waals surface area (Å²) >= 11 is 5.14. The van der Waals surface area contributed by atoms with Crippen molar-refractivity contribution < 1.29 is 0 Å². The maximum Gasteiger partial charge on any atom is 0.158 e. The van der Waals surface area contributed by atoms with Crippen LogP contribution in [0.5, 0.6) is 0 Å². The van der Waals surface area contributed by atoms with Gasteiger partial charge in [0.1, 0.15) is 10.3 Å². The summed E-state index contributed by atoms with van der Waals surface area (Å²) in [6.07, 6.45) is 2.22. The summed E-state index contributed by atoms with van der Waals surface area (Å²) < 4.78 is 2.85. The van der Waals surface area contributed by atoms with Crippen molar-refractivity contribution in [1.82, 2.24) is 19.6 Å². The van der Waals surface area contributed by atoms with Crippen LogP contribution in [0.1, 0.15) is 49.6 Å². The van der Waals surface area contributed by atoms with Crippen LogP contribution in [0.2, 0.25) is 0 Å². The lowest BCUT2D eigenvalue weighted by Crippen LogP contribution is -2.04. The van der Waals surface area contributed by atoms with Gasteiger partial charge in [-0.05, 0) is 54.6 Å². The molecule has 0 aliphatic rings. The third kappa shape index (κ3) is 2.48. The Morgan fingerprint density at radius 1 is 1.27 bits per heavy atom. The second-order valence-electron chi connectivity index (χ2n) is 5.51. The van der Waals surface area contributed by atoms with E-state index in [9.17, 15) is 0 Å². The van der Waals surface area contributed by atoms with Crippen molar-refractivity contribution in [2.75, 3.05) is 0 Å². The van der Waals surface area contributed by atoms with Gasteiger partial charge in [0.15, 0.2) is 5.65 Å². The van der Waals surface area contributed by atoms with Crippen LogP contribution in [0.15, 0.2) is 16.2 Å². The SMILES string of the molecule is CCC(CC)c1cc(C)nn2c(-c3scnc3Br)c(C)nc12. The van der Waals surface area contributed by atoms with Crippen LogP contribution in [0, 0.1) is 13.8 Å². The molecule has 0 unspecified atom stereocenters. The Morgan fingerprint density at radius 2 is 2.00 bits per heavy atom. The molecule has 0 amide bonds. The molecule has 0 spiro atoms. The summed E-state index contributed by atoms with van der Waals surface area (Å²) in [5.41, 5.74) is 7.18. The molecule has 4 nitrogen and oxygen atoms in total. The van der Waals surface area contributed by atoms with Crippen LogP contribution in [0.25, 0.3) is 16.2 Å². The molecule has 3 rings (SSSR count). The van der Waals surface area contributed by atoms with E-state index in [2.05, 4.69) is 40.8 Å². The molecule has 0 saturated heterocycles. The average molecular weight is 379 g/mol. The van der Waals surface area contributed by atoms with Gasteiger partial charge in [-0.25, -0.2) is 14.5 Å². The zero-order chi connectivity index (χ0) is 15.9. The topological polar surface area (TPSA) is 43.1 Å². The highest BCUT2D eigenvalue weighted by atomic mass is 79.9. The minimum Gasteiger partial charge on any atom is -0.237 e. The molecule has 116 valence electrons. The van der Waals surface area contributed by atoms with Gasteiger partial charge in [0.2, 0.25) is 0 Å². The number of imidazole rings is 1. The summed E-state index contributed by atoms with van der Waals surface area (Å²) in [6, 6.07) is 2.19. The highest BCUT2D eigenvalue weighted by Gasteiger charge is 2.21. The quantitative estimate of drug-likeness (QED) is 0.631. The Morgan fingerprint density at radius 3 is 2.59 bits per heavy atom. The lowest BCUT2D eigenvalue weighted by molar-refractivity contribution is 0.638. The zero-order valence-electron chi connectivity index (χ0n) is 13.2. The van der Waals surface area contributed by atoms with E-state index in [1.165, 1.54) is 5.56 Å². The fourth-order valence-electron chi connectivity index (χ4n) is 2.95. The predicted molar refractivity (Wildman–Crippen MR) is 94.6 cm³/mol. The Hall–Kier alpha value is -1.27. The molecule has 3 heterocycles. The molecule has 3 aromatic rings. The number of aromatic nitrogens is 4. The van der Waals surface area contributed by atoms with E-state index in [0.29, 0.717) is 5.92 Å². The first-order chi connectivity index (χ1) is 10.6. The third-order valence-corrected chi connectivity index (χ3v) is 5.77. The summed E-state index contributed by atoms with van der Waals surface area (Å²) in [7, 11) is 0. The molecule has 0 aliphatic heterocycles. The smallest absolute Gasteiger partial charge is 0.158 e. The first-order valence-electron chi connectivity index (χ1n) is 7.53. The molecule has 0 aliphatic carbocycles. The predicted octanol–water partition coefficient (Wildman–Crippen LogP) is 5.14. The highest BCUT2D eigenvalue weighted by Crippen LogP contribution is 2.36. The van der Waals surface area contributed by atoms with Crippen molar-refractivity contribution in [3.63, 3.8) is 0 Å². The minimum absolute atomic E-state index is 0.517. The van der Waals surface area contributed by atoms with E-state index >= 15 is 0 Å². The molecule has 0 aromatic carbocycles. The van der Waals surface area contributed by atoms with Crippen molar-refractivity contribution in [3.8, 4) is 10.6 Å². The van der Waals surface area contributed by atoms with Gasteiger partial charge in [0.05, 0.1) is 21.8 Å². The van der Waals surface area contributed by atoms with Crippen molar-refractivity contribution in [1.29, 1.82) is 0 Å². The summed E-state index contributed by atoms with van der Waals surface area (Å²) in [4.78, 5) is 10.2. The van der Waals surface area contributed by atoms with E-state index in [0.717, 1.165) is 45.1 Å². The molecular weight excluding hydrogens is 360 g/mol. The van der Waals surface area contributed by atoms with Gasteiger partial charge in [-0.15, -0.1) is 11.3 Å². The first kappa shape index (κ1) is 15.6. The van der Waals surface area contributed by atoms with Gasteiger partial charge in [-0.2, -0.15) is 5.10 Å². The third-order valence-electron chi connectivity index (χ3n) is 4.07. The molecule has 0 atom stereocenters. The van der Waals surface area contributed by atoms with E-state index in [1.54, 1.807) is 11.3 Å². The molecule has 22 heavy (non-hydrogen) atoms. The van der Waals surface area contributed by atoms with Crippen LogP contribution in [0.4, 0.5) is 0 Å². The molecule has 6 heteroatoms. The Bertz CT molecular complexity index is 817. The second kappa shape index (κ2) is 6.08. The number of halogens is 1. The Labute approximate surface area is 142 Å². The van der Waals surface area contributed by atoms with Crippen molar-refractivity contribution in [2.24, 2.45) is 0 Å². The fourth-order valence-corrected chi connectivity index (χ4v) is 4.42. The zero-order valence-corrected chi connectivity index (χ0v) is 15.6. The number of hydrogen-bond acceptors (Lipinski definition) is 4. The van der Waals surface area contributed by atoms with E-state index in [1.807, 2.05) is 23.9 Å². The molecule has 0 N–H and O–H groups in total. The maximum absolute atomic E-state index is 4.83. The van der Waals surface area contributed by atoms with E-state index in [4.69, 9.17) is 10.1 Å². The molecule has 0 fully saturated rings. The van der Waals surface area contributed by atoms with Crippen LogP contribution in [0.3, 0.4) is 0 Å². The van der Waals surface area contributed by atoms with Crippen LogP contribution in [-0.2, 0) is 0 Å². The fraction of sp³-hybridized carbons (Fsp3) is 0.438. The second-order valence-corrected chi connectivity index (χ2v) is 7.11. The number of hydrogen-bond donors (Lipinski definition) is 0. The number of thiazole rings is 1. The van der Waals surface area contributed by atoms with Gasteiger partial charge in [-0.3, -0.25) is 0 Å². The first-order valence-corrected chi connectivity index (χ1v) is 9.20. The molecule has 0 saturated carbocycles. The molecule has 0 radical (unpaired) electrons. The number of aryl methyl sites for hydroxylation is 2. The monoisotopic (exact) mass is 378 g/mol. The normalized spacial score (nSPS) is 11.7. The summed E-state index contributed by atoms with van der Waals surface area (Å²) in [6.45, 7) is 8.56. The van der Waals surface area contributed by atoms with E-state index in [-0.39, 0.29) is 0 Å². The Kier molecular flexibility index (Phi) is 4.32. The van der Waals surface area contributed by atoms with Crippen LogP contribution in [-0.4, -0.2) is 19.6 Å².